The van der Waals surface area contributed by atoms with Crippen LogP contribution in [0.1, 0.15) is 26.3 Å². The molecule has 1 N–H and O–H groups in total. The van der Waals surface area contributed by atoms with Crippen molar-refractivity contribution in [2.75, 3.05) is 11.9 Å². The van der Waals surface area contributed by atoms with Gasteiger partial charge in [0, 0.05) is 17.5 Å². The van der Waals surface area contributed by atoms with E-state index in [4.69, 9.17) is 0 Å². The number of amides is 3. The van der Waals surface area contributed by atoms with Crippen LogP contribution in [0.2, 0.25) is 0 Å². The highest BCUT2D eigenvalue weighted by atomic mass is 16.6. The number of hydrogen-bond donors (Lipinski definition) is 1. The van der Waals surface area contributed by atoms with Gasteiger partial charge in [0.05, 0.1) is 27.8 Å². The molecule has 35 heavy (non-hydrogen) atoms. The molecule has 3 heterocycles. The number of nitrogens with one attached hydrogen (secondary N) is 1. The summed E-state index contributed by atoms with van der Waals surface area (Å²) in [4.78, 5) is 53.6. The third-order valence-corrected chi connectivity index (χ3v) is 5.42. The second kappa shape index (κ2) is 8.16. The van der Waals surface area contributed by atoms with E-state index in [1.54, 1.807) is 12.1 Å². The van der Waals surface area contributed by atoms with Crippen LogP contribution in [0.15, 0.2) is 60.8 Å². The number of nitro groups is 1. The first-order chi connectivity index (χ1) is 16.9. The van der Waals surface area contributed by atoms with Crippen molar-refractivity contribution in [2.24, 2.45) is 0 Å². The third kappa shape index (κ3) is 3.62. The monoisotopic (exact) mass is 467 g/mol. The van der Waals surface area contributed by atoms with Gasteiger partial charge in [-0.3, -0.25) is 29.4 Å². The van der Waals surface area contributed by atoms with E-state index in [9.17, 15) is 29.8 Å². The largest absolute Gasteiger partial charge is 0.308 e. The van der Waals surface area contributed by atoms with E-state index >= 15 is 0 Å². The Bertz CT molecular complexity index is 1620. The first-order valence-electron chi connectivity index (χ1n) is 10.2. The normalized spacial score (nSPS) is 12.5. The highest BCUT2D eigenvalue weighted by Crippen LogP contribution is 2.27. The van der Waals surface area contributed by atoms with Gasteiger partial charge in [-0.15, -0.1) is 0 Å². The number of carbonyl (C=O) groups is 3. The number of hydrogen-bond acceptors (Lipinski definition) is 8. The summed E-state index contributed by atoms with van der Waals surface area (Å²) in [6.45, 7) is -0.665. The number of aromatic nitrogens is 3. The number of rotatable bonds is 5. The van der Waals surface area contributed by atoms with Gasteiger partial charge in [0.25, 0.3) is 17.5 Å². The molecule has 0 aliphatic carbocycles. The Kier molecular flexibility index (Phi) is 4.99. The van der Waals surface area contributed by atoms with Crippen LogP contribution in [-0.4, -0.2) is 48.9 Å². The SMILES string of the molecule is N#Cc1cnn(-c2ccc3ccccc3n2)c1NC(=O)CN1C(=O)c2ccc([N+](=O)[O-])cc2C1=O. The summed E-state index contributed by atoms with van der Waals surface area (Å²) in [6.07, 6.45) is 1.26. The van der Waals surface area contributed by atoms with Gasteiger partial charge in [-0.25, -0.2) is 4.98 Å². The van der Waals surface area contributed by atoms with E-state index < -0.39 is 29.2 Å². The predicted molar refractivity (Wildman–Crippen MR) is 121 cm³/mol. The Morgan fingerprint density at radius 2 is 1.86 bits per heavy atom. The number of benzene rings is 2. The number of nitro benzene ring substituents is 1. The van der Waals surface area contributed by atoms with E-state index in [1.165, 1.54) is 16.9 Å². The Morgan fingerprint density at radius 1 is 1.09 bits per heavy atom. The number of pyridine rings is 1. The number of nitriles is 1. The van der Waals surface area contributed by atoms with E-state index in [0.29, 0.717) is 16.2 Å². The zero-order valence-corrected chi connectivity index (χ0v) is 17.7. The quantitative estimate of drug-likeness (QED) is 0.266. The zero-order chi connectivity index (χ0) is 24.7. The molecule has 0 bridgehead atoms. The van der Waals surface area contributed by atoms with E-state index in [2.05, 4.69) is 15.4 Å². The minimum absolute atomic E-state index is 0.0209. The van der Waals surface area contributed by atoms with Gasteiger partial charge in [-0.05, 0) is 24.3 Å². The number of non-ortho nitro benzene ring substituents is 1. The van der Waals surface area contributed by atoms with Gasteiger partial charge < -0.3 is 5.32 Å². The van der Waals surface area contributed by atoms with Gasteiger partial charge in [-0.2, -0.15) is 15.0 Å². The van der Waals surface area contributed by atoms with E-state index in [-0.39, 0.29) is 28.2 Å². The number of nitrogens with zero attached hydrogens (tertiary/aromatic N) is 6. The molecule has 0 unspecified atom stereocenters. The highest BCUT2D eigenvalue weighted by molar-refractivity contribution is 6.23. The van der Waals surface area contributed by atoms with Crippen LogP contribution < -0.4 is 5.32 Å². The molecule has 1 aliphatic rings. The van der Waals surface area contributed by atoms with Gasteiger partial charge >= 0.3 is 0 Å². The average molecular weight is 467 g/mol. The summed E-state index contributed by atoms with van der Waals surface area (Å²) in [5, 5.41) is 28.0. The molecule has 170 valence electrons. The van der Waals surface area contributed by atoms with E-state index in [0.717, 1.165) is 17.5 Å². The minimum atomic E-state index is -0.825. The molecular formula is C23H13N7O5. The number of carbonyl (C=O) groups excluding carboxylic acids is 3. The maximum Gasteiger partial charge on any atom is 0.270 e. The fourth-order valence-corrected chi connectivity index (χ4v) is 3.75. The number of anilines is 1. The molecule has 1 aliphatic heterocycles. The predicted octanol–water partition coefficient (Wildman–Crippen LogP) is 2.44. The molecule has 5 rings (SSSR count). The van der Waals surface area contributed by atoms with Gasteiger partial charge in [0.1, 0.15) is 18.2 Å². The minimum Gasteiger partial charge on any atom is -0.308 e. The molecule has 0 radical (unpaired) electrons. The van der Waals surface area contributed by atoms with Crippen LogP contribution in [0.25, 0.3) is 16.7 Å². The Morgan fingerprint density at radius 3 is 2.63 bits per heavy atom. The molecule has 2 aromatic heterocycles. The van der Waals surface area contributed by atoms with Crippen LogP contribution in [0.4, 0.5) is 11.5 Å². The van der Waals surface area contributed by atoms with Crippen molar-refractivity contribution in [3.05, 3.63) is 87.6 Å². The van der Waals surface area contributed by atoms with Crippen molar-refractivity contribution in [2.45, 2.75) is 0 Å². The fraction of sp³-hybridized carbons (Fsp3) is 0.0435. The van der Waals surface area contributed by atoms with Crippen molar-refractivity contribution in [1.82, 2.24) is 19.7 Å². The maximum absolute atomic E-state index is 12.8. The summed E-state index contributed by atoms with van der Waals surface area (Å²) in [7, 11) is 0. The molecule has 0 atom stereocenters. The summed E-state index contributed by atoms with van der Waals surface area (Å²) in [5.74, 6) is -1.98. The highest BCUT2D eigenvalue weighted by Gasteiger charge is 2.38. The second-order valence-corrected chi connectivity index (χ2v) is 7.52. The topological polar surface area (TPSA) is 164 Å². The third-order valence-electron chi connectivity index (χ3n) is 5.42. The Hall–Kier alpha value is -5.44. The summed E-state index contributed by atoms with van der Waals surface area (Å²) >= 11 is 0. The lowest BCUT2D eigenvalue weighted by Gasteiger charge is -2.14. The zero-order valence-electron chi connectivity index (χ0n) is 17.7. The van der Waals surface area contributed by atoms with Crippen molar-refractivity contribution in [1.29, 1.82) is 5.26 Å². The molecule has 4 aromatic rings. The Labute approximate surface area is 196 Å². The number of imide groups is 1. The lowest BCUT2D eigenvalue weighted by Crippen LogP contribution is -2.37. The van der Waals surface area contributed by atoms with Crippen molar-refractivity contribution in [3.8, 4) is 11.9 Å². The lowest BCUT2D eigenvalue weighted by atomic mass is 10.1. The summed E-state index contributed by atoms with van der Waals surface area (Å²) in [5.41, 5.74) is 0.195. The molecule has 12 nitrogen and oxygen atoms in total. The Balaban J connectivity index is 1.41. The van der Waals surface area contributed by atoms with Gasteiger partial charge in [-0.1, -0.05) is 18.2 Å². The number of para-hydroxylation sites is 1. The summed E-state index contributed by atoms with van der Waals surface area (Å²) < 4.78 is 1.27. The fourth-order valence-electron chi connectivity index (χ4n) is 3.75. The molecule has 0 saturated carbocycles. The lowest BCUT2D eigenvalue weighted by molar-refractivity contribution is -0.384. The first kappa shape index (κ1) is 21.4. The van der Waals surface area contributed by atoms with Gasteiger partial charge in [0.15, 0.2) is 11.6 Å². The molecule has 2 aromatic carbocycles. The van der Waals surface area contributed by atoms with Crippen LogP contribution in [0, 0.1) is 21.4 Å². The molecule has 12 heteroatoms. The molecule has 3 amide bonds. The summed E-state index contributed by atoms with van der Waals surface area (Å²) in [6, 6.07) is 16.1. The molecular weight excluding hydrogens is 454 g/mol. The van der Waals surface area contributed by atoms with Crippen LogP contribution in [0.3, 0.4) is 0 Å². The maximum atomic E-state index is 12.8. The van der Waals surface area contributed by atoms with Gasteiger partial charge in [0.2, 0.25) is 5.91 Å². The molecule has 0 saturated heterocycles. The smallest absolute Gasteiger partial charge is 0.270 e. The standard InChI is InChI=1S/C23H13N7O5/c24-10-14-11-25-29(19-8-5-13-3-1-2-4-18(13)26-19)21(14)27-20(31)12-28-22(32)16-7-6-15(30(34)35)9-17(16)23(28)33/h1-9,11H,12H2,(H,27,31). The van der Waals surface area contributed by atoms with Crippen molar-refractivity contribution >= 4 is 40.1 Å². The van der Waals surface area contributed by atoms with Crippen LogP contribution in [0.5, 0.6) is 0 Å². The average Bonchev–Trinajstić information content (AvgIpc) is 3.37. The van der Waals surface area contributed by atoms with Crippen LogP contribution >= 0.6 is 0 Å². The first-order valence-corrected chi connectivity index (χ1v) is 10.2. The molecule has 0 spiro atoms. The van der Waals surface area contributed by atoms with Crippen molar-refractivity contribution in [3.63, 3.8) is 0 Å². The number of fused-ring (bicyclic) bond motifs is 2. The van der Waals surface area contributed by atoms with Crippen LogP contribution in [-0.2, 0) is 4.79 Å². The van der Waals surface area contributed by atoms with E-state index in [1.807, 2.05) is 30.3 Å². The second-order valence-electron chi connectivity index (χ2n) is 7.52. The van der Waals surface area contributed by atoms with Crippen molar-refractivity contribution < 1.29 is 19.3 Å². The molecule has 0 fully saturated rings.